The first-order valence-corrected chi connectivity index (χ1v) is 4.50. The van der Waals surface area contributed by atoms with Gasteiger partial charge in [-0.1, -0.05) is 0 Å². The average Bonchev–Trinajstić information content (AvgIpc) is 2.42. The van der Waals surface area contributed by atoms with Crippen LogP contribution < -0.4 is 0 Å². The minimum atomic E-state index is -0.833. The Bertz CT molecular complexity index is 365. The molecular weight excluding hydrogens is 276 g/mol. The van der Waals surface area contributed by atoms with Crippen LogP contribution in [0.25, 0.3) is 0 Å². The summed E-state index contributed by atoms with van der Waals surface area (Å²) in [4.78, 5) is 57.5. The van der Waals surface area contributed by atoms with Crippen molar-refractivity contribution < 1.29 is 38.2 Å². The van der Waals surface area contributed by atoms with Crippen molar-refractivity contribution in [1.29, 1.82) is 10.8 Å². The van der Waals surface area contributed by atoms with E-state index in [0.717, 1.165) is 24.3 Å². The zero-order chi connectivity index (χ0) is 16.2. The van der Waals surface area contributed by atoms with Crippen LogP contribution in [-0.4, -0.2) is 49.9 Å². The fourth-order valence-corrected chi connectivity index (χ4v) is 0.465. The van der Waals surface area contributed by atoms with Crippen LogP contribution in [0.15, 0.2) is 12.2 Å². The van der Waals surface area contributed by atoms with E-state index in [9.17, 15) is 19.2 Å². The van der Waals surface area contributed by atoms with Crippen molar-refractivity contribution in [3.8, 4) is 0 Å². The highest BCUT2D eigenvalue weighted by atomic mass is 16.5. The maximum atomic E-state index is 10.6. The molecule has 0 atom stereocenters. The number of hydrogen-bond donors (Lipinski definition) is 2. The summed E-state index contributed by atoms with van der Waals surface area (Å²) < 4.78 is 8.55. The van der Waals surface area contributed by atoms with Crippen LogP contribution in [0.4, 0.5) is 0 Å². The molecule has 108 valence electrons. The van der Waals surface area contributed by atoms with Crippen molar-refractivity contribution in [2.24, 2.45) is 0 Å². The molecule has 0 heterocycles. The summed E-state index contributed by atoms with van der Waals surface area (Å²) in [6.07, 6.45) is 3.90. The summed E-state index contributed by atoms with van der Waals surface area (Å²) in [6, 6.07) is 0. The van der Waals surface area contributed by atoms with Crippen LogP contribution in [0.5, 0.6) is 0 Å². The van der Waals surface area contributed by atoms with E-state index in [1.807, 2.05) is 0 Å². The topological polar surface area (TPSA) is 169 Å². The Morgan fingerprint density at radius 1 is 0.850 bits per heavy atom. The molecule has 2 N–H and O–H groups in total. The van der Waals surface area contributed by atoms with Gasteiger partial charge < -0.3 is 9.47 Å². The Balaban J connectivity index is -0.000000408. The van der Waals surface area contributed by atoms with E-state index in [1.165, 1.54) is 0 Å². The largest absolute Gasteiger partial charge is 0.455 e. The number of nitrogens with one attached hydrogen (secondary N) is 2. The molecule has 0 rings (SSSR count). The van der Waals surface area contributed by atoms with E-state index in [0.29, 0.717) is 12.6 Å². The maximum absolute atomic E-state index is 10.6. The molecule has 10 heteroatoms. The Labute approximate surface area is 112 Å². The van der Waals surface area contributed by atoms with Crippen molar-refractivity contribution in [2.75, 3.05) is 13.2 Å². The van der Waals surface area contributed by atoms with Crippen molar-refractivity contribution in [2.45, 2.75) is 0 Å². The summed E-state index contributed by atoms with van der Waals surface area (Å²) in [5, 5.41) is 10.8. The fraction of sp³-hybridized carbons (Fsp3) is 0.200. The molecule has 0 aromatic carbocycles. The van der Waals surface area contributed by atoms with Crippen molar-refractivity contribution in [3.05, 3.63) is 12.2 Å². The normalized spacial score (nSPS) is 7.40. The predicted octanol–water partition coefficient (Wildman–Crippen LogP) is -1.17. The molecule has 0 saturated heterocycles. The number of carbonyl (C=O) groups excluding carboxylic acids is 6. The zero-order valence-corrected chi connectivity index (χ0v) is 9.99. The number of rotatable bonds is 6. The number of carbonyl (C=O) groups is 4. The van der Waals surface area contributed by atoms with Crippen molar-refractivity contribution in [3.63, 3.8) is 0 Å². The lowest BCUT2D eigenvalue weighted by atomic mass is 10.5. The maximum Gasteiger partial charge on any atom is 0.331 e. The monoisotopic (exact) mass is 286 g/mol. The molecule has 0 unspecified atom stereocenters. The van der Waals surface area contributed by atoms with E-state index >= 15 is 0 Å². The zero-order valence-electron chi connectivity index (χ0n) is 9.99. The lowest BCUT2D eigenvalue weighted by molar-refractivity contribution is -0.142. The standard InChI is InChI=1S/C8H8O6.2CHNO/c9-3-5-13-7(11)1-2-8(12)14-6-4-10;2*2-1-3/h1-4H,5-6H2;2*2H/b2-1+;;. The quantitative estimate of drug-likeness (QED) is 0.202. The SMILES string of the molecule is N=C=O.N=C=O.O=CCOC(=O)/C=C/C(=O)OCC=O. The van der Waals surface area contributed by atoms with Gasteiger partial charge in [0.25, 0.3) is 0 Å². The molecular formula is C10H10N2O8. The van der Waals surface area contributed by atoms with Gasteiger partial charge >= 0.3 is 11.9 Å². The van der Waals surface area contributed by atoms with E-state index in [1.54, 1.807) is 0 Å². The summed E-state index contributed by atoms with van der Waals surface area (Å²) in [6.45, 7) is -0.737. The van der Waals surface area contributed by atoms with Gasteiger partial charge in [-0.25, -0.2) is 30.0 Å². The van der Waals surface area contributed by atoms with E-state index < -0.39 is 11.9 Å². The van der Waals surface area contributed by atoms with Gasteiger partial charge in [0, 0.05) is 12.2 Å². The molecule has 20 heavy (non-hydrogen) atoms. The van der Waals surface area contributed by atoms with E-state index in [-0.39, 0.29) is 13.2 Å². The highest BCUT2D eigenvalue weighted by Gasteiger charge is 1.99. The van der Waals surface area contributed by atoms with Crippen molar-refractivity contribution in [1.82, 2.24) is 0 Å². The molecule has 0 aromatic heterocycles. The lowest BCUT2D eigenvalue weighted by Crippen LogP contribution is -2.06. The smallest absolute Gasteiger partial charge is 0.331 e. The highest BCUT2D eigenvalue weighted by molar-refractivity contribution is 5.92. The fourth-order valence-electron chi connectivity index (χ4n) is 0.465. The minimum Gasteiger partial charge on any atom is -0.455 e. The molecule has 0 aliphatic rings. The number of esters is 2. The molecule has 0 radical (unpaired) electrons. The molecule has 0 saturated carbocycles. The first kappa shape index (κ1) is 22.0. The Kier molecular flexibility index (Phi) is 23.2. The summed E-state index contributed by atoms with van der Waals surface area (Å²) in [7, 11) is 0. The average molecular weight is 286 g/mol. The van der Waals surface area contributed by atoms with Gasteiger partial charge in [-0.15, -0.1) is 0 Å². The van der Waals surface area contributed by atoms with E-state index in [2.05, 4.69) is 9.47 Å². The van der Waals surface area contributed by atoms with Crippen LogP contribution in [0.2, 0.25) is 0 Å². The highest BCUT2D eigenvalue weighted by Crippen LogP contribution is 1.83. The molecule has 0 fully saturated rings. The van der Waals surface area contributed by atoms with Gasteiger partial charge in [0.1, 0.15) is 13.2 Å². The summed E-state index contributed by atoms with van der Waals surface area (Å²) >= 11 is 0. The molecule has 0 spiro atoms. The second kappa shape index (κ2) is 21.1. The van der Waals surface area contributed by atoms with Gasteiger partial charge in [0.05, 0.1) is 0 Å². The van der Waals surface area contributed by atoms with Crippen LogP contribution in [0, 0.1) is 10.8 Å². The molecule has 0 bridgehead atoms. The van der Waals surface area contributed by atoms with Gasteiger partial charge in [0.15, 0.2) is 12.6 Å². The van der Waals surface area contributed by atoms with Crippen molar-refractivity contribution >= 4 is 36.7 Å². The predicted molar refractivity (Wildman–Crippen MR) is 60.0 cm³/mol. The van der Waals surface area contributed by atoms with Crippen LogP contribution in [0.3, 0.4) is 0 Å². The third-order valence-corrected chi connectivity index (χ3v) is 0.943. The van der Waals surface area contributed by atoms with E-state index in [4.69, 9.17) is 20.4 Å². The number of ether oxygens (including phenoxy) is 2. The van der Waals surface area contributed by atoms with Gasteiger partial charge in [-0.05, 0) is 0 Å². The molecule has 10 nitrogen and oxygen atoms in total. The summed E-state index contributed by atoms with van der Waals surface area (Å²) in [5.74, 6) is -1.67. The third kappa shape index (κ3) is 29.3. The summed E-state index contributed by atoms with van der Waals surface area (Å²) in [5.41, 5.74) is 0. The first-order valence-electron chi connectivity index (χ1n) is 4.50. The number of isocyanates is 2. The third-order valence-electron chi connectivity index (χ3n) is 0.943. The Hall–Kier alpha value is -3.22. The molecule has 0 amide bonds. The Morgan fingerprint density at radius 2 is 1.10 bits per heavy atom. The molecule has 0 aromatic rings. The molecule has 0 aliphatic heterocycles. The molecule has 0 aliphatic carbocycles. The van der Waals surface area contributed by atoms with Crippen LogP contribution in [0.1, 0.15) is 0 Å². The first-order chi connectivity index (χ1) is 9.53. The Morgan fingerprint density at radius 3 is 1.30 bits per heavy atom. The lowest BCUT2D eigenvalue weighted by Gasteiger charge is -1.94. The van der Waals surface area contributed by atoms with Gasteiger partial charge in [0.2, 0.25) is 12.2 Å². The second-order valence-corrected chi connectivity index (χ2v) is 2.13. The van der Waals surface area contributed by atoms with Crippen LogP contribution >= 0.6 is 0 Å². The minimum absolute atomic E-state index is 0.368. The van der Waals surface area contributed by atoms with Gasteiger partial charge in [-0.2, -0.15) is 0 Å². The number of hydrogen-bond acceptors (Lipinski definition) is 10. The second-order valence-electron chi connectivity index (χ2n) is 2.13. The van der Waals surface area contributed by atoms with Gasteiger partial charge in [-0.3, -0.25) is 9.59 Å². The van der Waals surface area contributed by atoms with Crippen LogP contribution in [-0.2, 0) is 38.2 Å². The number of aldehydes is 2.